The molecule has 2 aliphatic heterocycles. The van der Waals surface area contributed by atoms with E-state index in [-0.39, 0.29) is 23.6 Å². The summed E-state index contributed by atoms with van der Waals surface area (Å²) < 4.78 is 48.3. The van der Waals surface area contributed by atoms with Crippen LogP contribution in [0, 0.1) is 0 Å². The Kier molecular flexibility index (Phi) is 5.09. The number of sulfone groups is 1. The first-order valence-electron chi connectivity index (χ1n) is 7.27. The number of sulfonamides is 1. The average molecular weight is 324 g/mol. The Hall–Kier alpha value is -0.180. The highest BCUT2D eigenvalue weighted by Gasteiger charge is 2.30. The maximum atomic E-state index is 11.8. The van der Waals surface area contributed by atoms with Crippen molar-refractivity contribution in [2.24, 2.45) is 0 Å². The summed E-state index contributed by atoms with van der Waals surface area (Å²) in [6.07, 6.45) is 3.14. The highest BCUT2D eigenvalue weighted by atomic mass is 32.2. The molecule has 20 heavy (non-hydrogen) atoms. The van der Waals surface area contributed by atoms with Gasteiger partial charge >= 0.3 is 0 Å². The Morgan fingerprint density at radius 1 is 1.15 bits per heavy atom. The second-order valence-electron chi connectivity index (χ2n) is 5.69. The number of nitrogens with zero attached hydrogens (tertiary/aromatic N) is 1. The van der Waals surface area contributed by atoms with Crippen LogP contribution in [-0.2, 0) is 19.9 Å². The molecule has 0 aromatic heterocycles. The van der Waals surface area contributed by atoms with E-state index in [0.29, 0.717) is 18.8 Å². The monoisotopic (exact) mass is 324 g/mol. The Labute approximate surface area is 121 Å². The van der Waals surface area contributed by atoms with E-state index in [1.165, 1.54) is 0 Å². The molecule has 0 radical (unpaired) electrons. The topological polar surface area (TPSA) is 83.6 Å². The molecular formula is C12H24N2O4S2. The summed E-state index contributed by atoms with van der Waals surface area (Å²) in [5.74, 6) is 0.671. The summed E-state index contributed by atoms with van der Waals surface area (Å²) in [7, 11) is -5.98. The van der Waals surface area contributed by atoms with E-state index in [9.17, 15) is 16.8 Å². The van der Waals surface area contributed by atoms with Crippen LogP contribution in [0.3, 0.4) is 0 Å². The number of hydrogen-bond acceptors (Lipinski definition) is 5. The number of nitrogens with one attached hydrogen (secondary N) is 1. The fraction of sp³-hybridized carbons (Fsp3) is 1.00. The first kappa shape index (κ1) is 16.2. The van der Waals surface area contributed by atoms with Gasteiger partial charge in [-0.05, 0) is 32.6 Å². The summed E-state index contributed by atoms with van der Waals surface area (Å²) in [4.78, 5) is 0. The van der Waals surface area contributed by atoms with Gasteiger partial charge in [0, 0.05) is 25.2 Å². The molecule has 6 nitrogen and oxygen atoms in total. The summed E-state index contributed by atoms with van der Waals surface area (Å²) in [6.45, 7) is 2.73. The third-order valence-electron chi connectivity index (χ3n) is 4.15. The molecule has 1 atom stereocenters. The van der Waals surface area contributed by atoms with Crippen LogP contribution < -0.4 is 5.32 Å². The Morgan fingerprint density at radius 3 is 2.35 bits per heavy atom. The molecule has 0 saturated carbocycles. The Balaban J connectivity index is 1.83. The second-order valence-corrected chi connectivity index (χ2v) is 10.2. The molecule has 1 N–H and O–H groups in total. The first-order chi connectivity index (χ1) is 9.32. The van der Waals surface area contributed by atoms with Gasteiger partial charge in [0.25, 0.3) is 0 Å². The average Bonchev–Trinajstić information content (AvgIpc) is 2.38. The minimum atomic E-state index is -3.09. The van der Waals surface area contributed by atoms with Crippen LogP contribution in [0.2, 0.25) is 0 Å². The van der Waals surface area contributed by atoms with Crippen LogP contribution in [-0.4, -0.2) is 63.6 Å². The predicted octanol–water partition coefficient (Wildman–Crippen LogP) is -0.0327. The molecular weight excluding hydrogens is 300 g/mol. The van der Waals surface area contributed by atoms with Gasteiger partial charge in [-0.25, -0.2) is 21.1 Å². The van der Waals surface area contributed by atoms with Gasteiger partial charge in [-0.3, -0.25) is 0 Å². The van der Waals surface area contributed by atoms with Gasteiger partial charge < -0.3 is 5.32 Å². The lowest BCUT2D eigenvalue weighted by atomic mass is 10.0. The second kappa shape index (κ2) is 6.29. The molecule has 8 heteroatoms. The predicted molar refractivity (Wildman–Crippen MR) is 78.9 cm³/mol. The Bertz CT molecular complexity index is 522. The van der Waals surface area contributed by atoms with Crippen molar-refractivity contribution in [1.29, 1.82) is 0 Å². The summed E-state index contributed by atoms with van der Waals surface area (Å²) in [5.41, 5.74) is 0. The van der Waals surface area contributed by atoms with Gasteiger partial charge in [0.05, 0.1) is 17.3 Å². The van der Waals surface area contributed by atoms with Crippen LogP contribution in [0.15, 0.2) is 0 Å². The minimum Gasteiger partial charge on any atom is -0.310 e. The van der Waals surface area contributed by atoms with E-state index in [0.717, 1.165) is 25.7 Å². The third-order valence-corrected chi connectivity index (χ3v) is 7.85. The van der Waals surface area contributed by atoms with Crippen LogP contribution >= 0.6 is 0 Å². The van der Waals surface area contributed by atoms with Crippen molar-refractivity contribution in [3.63, 3.8) is 0 Å². The van der Waals surface area contributed by atoms with Crippen molar-refractivity contribution in [3.8, 4) is 0 Å². The molecule has 0 amide bonds. The van der Waals surface area contributed by atoms with E-state index in [2.05, 4.69) is 5.32 Å². The smallest absolute Gasteiger partial charge is 0.213 e. The van der Waals surface area contributed by atoms with Gasteiger partial charge in [-0.1, -0.05) is 0 Å². The van der Waals surface area contributed by atoms with E-state index in [1.807, 2.05) is 0 Å². The molecule has 0 aromatic rings. The number of piperidine rings is 1. The highest BCUT2D eigenvalue weighted by Crippen LogP contribution is 2.18. The SMILES string of the molecule is CCS(=O)(=O)N1CCC(NC2CCCS(=O)(=O)C2)CC1. The molecule has 2 heterocycles. The van der Waals surface area contributed by atoms with Crippen LogP contribution in [0.1, 0.15) is 32.6 Å². The maximum Gasteiger partial charge on any atom is 0.213 e. The van der Waals surface area contributed by atoms with Crippen LogP contribution in [0.25, 0.3) is 0 Å². The van der Waals surface area contributed by atoms with Gasteiger partial charge in [0.1, 0.15) is 0 Å². The molecule has 118 valence electrons. The molecule has 2 fully saturated rings. The maximum absolute atomic E-state index is 11.8. The molecule has 0 aromatic carbocycles. The zero-order valence-corrected chi connectivity index (χ0v) is 13.5. The van der Waals surface area contributed by atoms with E-state index >= 15 is 0 Å². The first-order valence-corrected chi connectivity index (χ1v) is 10.7. The van der Waals surface area contributed by atoms with Crippen molar-refractivity contribution in [2.45, 2.75) is 44.7 Å². The molecule has 2 saturated heterocycles. The zero-order valence-electron chi connectivity index (χ0n) is 11.9. The lowest BCUT2D eigenvalue weighted by Crippen LogP contribution is -2.50. The van der Waals surface area contributed by atoms with Crippen molar-refractivity contribution in [1.82, 2.24) is 9.62 Å². The van der Waals surface area contributed by atoms with Crippen molar-refractivity contribution in [3.05, 3.63) is 0 Å². The largest absolute Gasteiger partial charge is 0.310 e. The van der Waals surface area contributed by atoms with Gasteiger partial charge in [-0.15, -0.1) is 0 Å². The van der Waals surface area contributed by atoms with Crippen molar-refractivity contribution < 1.29 is 16.8 Å². The molecule has 2 aliphatic rings. The van der Waals surface area contributed by atoms with Gasteiger partial charge in [-0.2, -0.15) is 0 Å². The summed E-state index contributed by atoms with van der Waals surface area (Å²) in [6, 6.07) is 0.268. The van der Waals surface area contributed by atoms with Crippen LogP contribution in [0.4, 0.5) is 0 Å². The molecule has 0 aliphatic carbocycles. The third kappa shape index (κ3) is 4.16. The lowest BCUT2D eigenvalue weighted by molar-refractivity contribution is 0.272. The standard InChI is InChI=1S/C12H24N2O4S2/c1-2-20(17,18)14-7-5-11(6-8-14)13-12-4-3-9-19(15,16)10-12/h11-13H,2-10H2,1H3. The summed E-state index contributed by atoms with van der Waals surface area (Å²) >= 11 is 0. The molecule has 0 spiro atoms. The molecule has 2 rings (SSSR count). The van der Waals surface area contributed by atoms with Crippen molar-refractivity contribution >= 4 is 19.9 Å². The number of hydrogen-bond donors (Lipinski definition) is 1. The van der Waals surface area contributed by atoms with E-state index < -0.39 is 19.9 Å². The fourth-order valence-electron chi connectivity index (χ4n) is 2.97. The molecule has 0 bridgehead atoms. The molecule has 1 unspecified atom stereocenters. The van der Waals surface area contributed by atoms with E-state index in [1.54, 1.807) is 11.2 Å². The van der Waals surface area contributed by atoms with Gasteiger partial charge in [0.15, 0.2) is 9.84 Å². The fourth-order valence-corrected chi connectivity index (χ4v) is 5.75. The highest BCUT2D eigenvalue weighted by molar-refractivity contribution is 7.91. The quantitative estimate of drug-likeness (QED) is 0.785. The summed E-state index contributed by atoms with van der Waals surface area (Å²) in [5, 5.41) is 3.40. The lowest BCUT2D eigenvalue weighted by Gasteiger charge is -2.34. The van der Waals surface area contributed by atoms with Crippen LogP contribution in [0.5, 0.6) is 0 Å². The normalized spacial score (nSPS) is 29.4. The van der Waals surface area contributed by atoms with Crippen molar-refractivity contribution in [2.75, 3.05) is 30.3 Å². The van der Waals surface area contributed by atoms with E-state index in [4.69, 9.17) is 0 Å². The number of rotatable bonds is 4. The Morgan fingerprint density at radius 2 is 1.80 bits per heavy atom. The zero-order chi connectivity index (χ0) is 14.8. The minimum absolute atomic E-state index is 0.0353. The van der Waals surface area contributed by atoms with Gasteiger partial charge in [0.2, 0.25) is 10.0 Å².